The van der Waals surface area contributed by atoms with Crippen molar-refractivity contribution < 1.29 is 5.11 Å². The Balaban J connectivity index is 1.49. The van der Waals surface area contributed by atoms with E-state index >= 15 is 0 Å². The highest BCUT2D eigenvalue weighted by atomic mass is 32.1. The van der Waals surface area contributed by atoms with E-state index in [0.29, 0.717) is 22.9 Å². The quantitative estimate of drug-likeness (QED) is 0.500. The Morgan fingerprint density at radius 3 is 2.78 bits per heavy atom. The third-order valence-electron chi connectivity index (χ3n) is 4.86. The number of H-pyrrole nitrogens is 1. The Morgan fingerprint density at radius 1 is 1.19 bits per heavy atom. The summed E-state index contributed by atoms with van der Waals surface area (Å²) in [7, 11) is 2.05. The van der Waals surface area contributed by atoms with E-state index in [0.717, 1.165) is 34.0 Å². The van der Waals surface area contributed by atoms with Gasteiger partial charge in [-0.25, -0.2) is 0 Å². The average Bonchev–Trinajstić information content (AvgIpc) is 3.29. The predicted octanol–water partition coefficient (Wildman–Crippen LogP) is 2.26. The Morgan fingerprint density at radius 2 is 2.07 bits per heavy atom. The number of nitrogens with one attached hydrogen (secondary N) is 2. The molecule has 8 nitrogen and oxygen atoms in total. The third-order valence-corrected chi connectivity index (χ3v) is 5.94. The summed E-state index contributed by atoms with van der Waals surface area (Å²) in [6, 6.07) is 7.89. The Hall–Kier alpha value is -3.04. The molecule has 0 saturated carbocycles. The summed E-state index contributed by atoms with van der Waals surface area (Å²) in [5, 5.41) is 29.9. The second kappa shape index (κ2) is 6.29. The molecule has 5 rings (SSSR count). The molecule has 1 aliphatic rings. The normalized spacial score (nSPS) is 14.4. The summed E-state index contributed by atoms with van der Waals surface area (Å²) in [6.07, 6.45) is 3.50. The minimum Gasteiger partial charge on any atom is -0.507 e. The second-order valence-electron chi connectivity index (χ2n) is 6.56. The highest BCUT2D eigenvalue weighted by molar-refractivity contribution is 7.22. The number of aromatic nitrogens is 5. The molecule has 27 heavy (non-hydrogen) atoms. The van der Waals surface area contributed by atoms with Gasteiger partial charge < -0.3 is 15.3 Å². The van der Waals surface area contributed by atoms with Crippen molar-refractivity contribution in [3.05, 3.63) is 36.7 Å². The summed E-state index contributed by atoms with van der Waals surface area (Å²) in [4.78, 5) is 6.77. The van der Waals surface area contributed by atoms with E-state index in [1.807, 2.05) is 18.2 Å². The smallest absolute Gasteiger partial charge is 0.194 e. The lowest BCUT2D eigenvalue weighted by atomic mass is 10.0. The van der Waals surface area contributed by atoms with Gasteiger partial charge >= 0.3 is 0 Å². The third kappa shape index (κ3) is 2.81. The minimum absolute atomic E-state index is 0.157. The number of rotatable bonds is 4. The molecule has 136 valence electrons. The number of nitrogens with zero attached hydrogens (tertiary/aromatic N) is 5. The van der Waals surface area contributed by atoms with Crippen molar-refractivity contribution in [1.82, 2.24) is 30.7 Å². The first-order chi connectivity index (χ1) is 13.2. The lowest BCUT2D eigenvalue weighted by molar-refractivity contribution is 0.428. The predicted molar refractivity (Wildman–Crippen MR) is 105 cm³/mol. The van der Waals surface area contributed by atoms with Gasteiger partial charge in [0.05, 0.1) is 22.6 Å². The van der Waals surface area contributed by atoms with Crippen LogP contribution in [0.15, 0.2) is 36.7 Å². The zero-order chi connectivity index (χ0) is 18.4. The Kier molecular flexibility index (Phi) is 3.76. The number of hydrogen-bond donors (Lipinski definition) is 3. The molecule has 9 heteroatoms. The molecular formula is C18H17N7OS. The van der Waals surface area contributed by atoms with Crippen molar-refractivity contribution in [2.45, 2.75) is 6.04 Å². The highest BCUT2D eigenvalue weighted by Crippen LogP contribution is 2.35. The van der Waals surface area contributed by atoms with Gasteiger partial charge in [-0.2, -0.15) is 10.1 Å². The first-order valence-corrected chi connectivity index (χ1v) is 9.41. The lowest BCUT2D eigenvalue weighted by Crippen LogP contribution is -2.56. The molecule has 0 amide bonds. The maximum atomic E-state index is 10.5. The Labute approximate surface area is 158 Å². The van der Waals surface area contributed by atoms with Crippen molar-refractivity contribution in [3.63, 3.8) is 0 Å². The SMILES string of the molecule is CN(c1nc2nnc(-c3ccc(-c4cn[nH]c4)cc3O)cc2s1)C1CNC1. The van der Waals surface area contributed by atoms with E-state index in [1.165, 1.54) is 0 Å². The zero-order valence-electron chi connectivity index (χ0n) is 14.5. The van der Waals surface area contributed by atoms with E-state index in [2.05, 4.69) is 42.6 Å². The van der Waals surface area contributed by atoms with Gasteiger partial charge in [0.25, 0.3) is 0 Å². The number of fused-ring (bicyclic) bond motifs is 1. The molecular weight excluding hydrogens is 362 g/mol. The van der Waals surface area contributed by atoms with Crippen LogP contribution in [-0.4, -0.2) is 56.7 Å². The molecule has 0 atom stereocenters. The summed E-state index contributed by atoms with van der Waals surface area (Å²) in [5.74, 6) is 0.157. The molecule has 1 fully saturated rings. The highest BCUT2D eigenvalue weighted by Gasteiger charge is 2.24. The molecule has 3 N–H and O–H groups in total. The van der Waals surface area contributed by atoms with Gasteiger partial charge in [-0.3, -0.25) is 5.10 Å². The molecule has 1 aromatic carbocycles. The van der Waals surface area contributed by atoms with Gasteiger partial charge in [0.1, 0.15) is 5.75 Å². The fraction of sp³-hybridized carbons (Fsp3) is 0.222. The molecule has 0 aliphatic carbocycles. The summed E-state index contributed by atoms with van der Waals surface area (Å²) in [6.45, 7) is 1.94. The van der Waals surface area contributed by atoms with Gasteiger partial charge in [0, 0.05) is 37.5 Å². The Bertz CT molecular complexity index is 1100. The van der Waals surface area contributed by atoms with E-state index in [9.17, 15) is 5.11 Å². The molecule has 0 spiro atoms. The second-order valence-corrected chi connectivity index (χ2v) is 7.56. The van der Waals surface area contributed by atoms with Crippen LogP contribution in [0.5, 0.6) is 5.75 Å². The van der Waals surface area contributed by atoms with Crippen molar-refractivity contribution in [3.8, 4) is 28.1 Å². The van der Waals surface area contributed by atoms with Crippen molar-refractivity contribution in [2.75, 3.05) is 25.0 Å². The number of anilines is 1. The van der Waals surface area contributed by atoms with E-state index in [1.54, 1.807) is 29.8 Å². The van der Waals surface area contributed by atoms with Gasteiger partial charge in [-0.1, -0.05) is 17.4 Å². The van der Waals surface area contributed by atoms with E-state index in [-0.39, 0.29) is 5.75 Å². The van der Waals surface area contributed by atoms with Crippen molar-refractivity contribution in [1.29, 1.82) is 0 Å². The van der Waals surface area contributed by atoms with Crippen LogP contribution in [0.2, 0.25) is 0 Å². The number of thiazole rings is 1. The summed E-state index contributed by atoms with van der Waals surface area (Å²) in [5.41, 5.74) is 3.70. The lowest BCUT2D eigenvalue weighted by Gasteiger charge is -2.35. The van der Waals surface area contributed by atoms with Gasteiger partial charge in [0.2, 0.25) is 0 Å². The maximum absolute atomic E-state index is 10.5. The van der Waals surface area contributed by atoms with Crippen LogP contribution >= 0.6 is 11.3 Å². The molecule has 1 aliphatic heterocycles. The van der Waals surface area contributed by atoms with Crippen LogP contribution in [-0.2, 0) is 0 Å². The standard InChI is InChI=1S/C18H17N7OS/c1-25(12-8-19-9-12)18-22-17-16(27-18)5-14(23-24-17)13-3-2-10(4-15(13)26)11-6-20-21-7-11/h2-7,12,19,26H,8-9H2,1H3,(H,20,21). The van der Waals surface area contributed by atoms with E-state index in [4.69, 9.17) is 0 Å². The fourth-order valence-corrected chi connectivity index (χ4v) is 4.03. The van der Waals surface area contributed by atoms with E-state index < -0.39 is 0 Å². The zero-order valence-corrected chi connectivity index (χ0v) is 15.4. The average molecular weight is 379 g/mol. The summed E-state index contributed by atoms with van der Waals surface area (Å²) >= 11 is 1.59. The van der Waals surface area contributed by atoms with Crippen LogP contribution in [0.1, 0.15) is 0 Å². The number of hydrogen-bond acceptors (Lipinski definition) is 8. The number of likely N-dealkylation sites (N-methyl/N-ethyl adjacent to an activating group) is 1. The van der Waals surface area contributed by atoms with Gasteiger partial charge in [0.15, 0.2) is 10.8 Å². The van der Waals surface area contributed by atoms with Crippen molar-refractivity contribution in [2.24, 2.45) is 0 Å². The van der Waals surface area contributed by atoms with Gasteiger partial charge in [-0.15, -0.1) is 10.2 Å². The molecule has 0 unspecified atom stereocenters. The first-order valence-electron chi connectivity index (χ1n) is 8.59. The molecule has 3 aromatic heterocycles. The molecule has 0 bridgehead atoms. The fourth-order valence-electron chi connectivity index (χ4n) is 3.05. The molecule has 1 saturated heterocycles. The first kappa shape index (κ1) is 16.2. The van der Waals surface area contributed by atoms with Crippen LogP contribution in [0.4, 0.5) is 5.13 Å². The van der Waals surface area contributed by atoms with Crippen LogP contribution in [0.25, 0.3) is 32.7 Å². The topological polar surface area (TPSA) is 103 Å². The van der Waals surface area contributed by atoms with Crippen molar-refractivity contribution >= 4 is 26.8 Å². The van der Waals surface area contributed by atoms with Crippen LogP contribution in [0, 0.1) is 0 Å². The number of phenolic OH excluding ortho intramolecular Hbond substituents is 1. The van der Waals surface area contributed by atoms with Crippen LogP contribution in [0.3, 0.4) is 0 Å². The van der Waals surface area contributed by atoms with Gasteiger partial charge in [-0.05, 0) is 23.8 Å². The van der Waals surface area contributed by atoms with Crippen LogP contribution < -0.4 is 10.2 Å². The monoisotopic (exact) mass is 379 g/mol. The summed E-state index contributed by atoms with van der Waals surface area (Å²) < 4.78 is 0.951. The minimum atomic E-state index is 0.157. The largest absolute Gasteiger partial charge is 0.507 e. The number of phenols is 1. The maximum Gasteiger partial charge on any atom is 0.194 e. The number of aromatic amines is 1. The number of benzene rings is 1. The molecule has 4 aromatic rings. The number of aromatic hydroxyl groups is 1. The molecule has 4 heterocycles. The molecule has 0 radical (unpaired) electrons.